The molecule has 1 saturated carbocycles. The molecule has 82 valence electrons. The molecular weight excluding hydrogens is 200 g/mol. The van der Waals surface area contributed by atoms with Gasteiger partial charge in [-0.05, 0) is 50.2 Å². The lowest BCUT2D eigenvalue weighted by Crippen LogP contribution is -2.28. The van der Waals surface area contributed by atoms with Crippen LogP contribution in [0.2, 0.25) is 0 Å². The molecule has 1 aromatic rings. The molecule has 0 saturated heterocycles. The van der Waals surface area contributed by atoms with Crippen LogP contribution < -0.4 is 5.56 Å². The molecule has 0 aromatic carbocycles. The Kier molecular flexibility index (Phi) is 2.10. The highest BCUT2D eigenvalue weighted by Crippen LogP contribution is 2.36. The molecule has 0 amide bonds. The molecule has 3 heteroatoms. The molecule has 0 N–H and O–H groups in total. The van der Waals surface area contributed by atoms with Gasteiger partial charge in [-0.2, -0.15) is 5.26 Å². The van der Waals surface area contributed by atoms with E-state index in [2.05, 4.69) is 0 Å². The summed E-state index contributed by atoms with van der Waals surface area (Å²) in [5, 5.41) is 8.98. The second kappa shape index (κ2) is 3.48. The zero-order valence-electron chi connectivity index (χ0n) is 9.20. The van der Waals surface area contributed by atoms with Crippen molar-refractivity contribution in [1.29, 1.82) is 5.26 Å². The topological polar surface area (TPSA) is 45.8 Å². The molecule has 0 aliphatic heterocycles. The average Bonchev–Trinajstić information content (AvgIpc) is 3.12. The van der Waals surface area contributed by atoms with E-state index in [9.17, 15) is 4.79 Å². The van der Waals surface area contributed by atoms with Crippen LogP contribution in [0, 0.1) is 11.3 Å². The molecule has 16 heavy (non-hydrogen) atoms. The summed E-state index contributed by atoms with van der Waals surface area (Å²) in [6.07, 6.45) is 6.58. The van der Waals surface area contributed by atoms with Crippen molar-refractivity contribution in [3.05, 3.63) is 33.2 Å². The Balaban J connectivity index is 2.26. The van der Waals surface area contributed by atoms with E-state index >= 15 is 0 Å². The van der Waals surface area contributed by atoms with E-state index in [1.165, 1.54) is 24.1 Å². The van der Waals surface area contributed by atoms with E-state index in [0.717, 1.165) is 25.7 Å². The standard InChI is InChI=1S/C13H14N2O/c14-8-10-7-9-3-1-2-4-12(9)15(13(10)16)11-5-6-11/h7,11H,1-6H2. The molecule has 0 bridgehead atoms. The number of hydrogen-bond acceptors (Lipinski definition) is 2. The highest BCUT2D eigenvalue weighted by atomic mass is 16.1. The van der Waals surface area contributed by atoms with Crippen molar-refractivity contribution >= 4 is 0 Å². The molecule has 0 unspecified atom stereocenters. The summed E-state index contributed by atoms with van der Waals surface area (Å²) in [5.74, 6) is 0. The van der Waals surface area contributed by atoms with E-state index in [4.69, 9.17) is 5.26 Å². The Morgan fingerprint density at radius 1 is 1.31 bits per heavy atom. The number of rotatable bonds is 1. The number of aryl methyl sites for hydroxylation is 1. The van der Waals surface area contributed by atoms with Gasteiger partial charge in [-0.1, -0.05) is 0 Å². The Morgan fingerprint density at radius 2 is 2.06 bits per heavy atom. The van der Waals surface area contributed by atoms with Crippen molar-refractivity contribution in [2.45, 2.75) is 44.6 Å². The first-order valence-electron chi connectivity index (χ1n) is 5.98. The Hall–Kier alpha value is -1.56. The summed E-state index contributed by atoms with van der Waals surface area (Å²) in [4.78, 5) is 12.1. The van der Waals surface area contributed by atoms with E-state index in [-0.39, 0.29) is 5.56 Å². The third-order valence-corrected chi connectivity index (χ3v) is 3.57. The fraction of sp³-hybridized carbons (Fsp3) is 0.538. The van der Waals surface area contributed by atoms with Crippen molar-refractivity contribution in [2.24, 2.45) is 0 Å². The van der Waals surface area contributed by atoms with E-state index in [1.54, 1.807) is 0 Å². The predicted molar refractivity (Wildman–Crippen MR) is 60.3 cm³/mol. The third kappa shape index (κ3) is 1.37. The minimum atomic E-state index is -0.0642. The number of fused-ring (bicyclic) bond motifs is 1. The van der Waals surface area contributed by atoms with Gasteiger partial charge in [0, 0.05) is 11.7 Å². The quantitative estimate of drug-likeness (QED) is 0.717. The van der Waals surface area contributed by atoms with Crippen molar-refractivity contribution in [1.82, 2.24) is 4.57 Å². The number of pyridine rings is 1. The molecular formula is C13H14N2O. The van der Waals surface area contributed by atoms with E-state index < -0.39 is 0 Å². The second-order valence-electron chi connectivity index (χ2n) is 4.76. The van der Waals surface area contributed by atoms with Gasteiger partial charge in [-0.25, -0.2) is 0 Å². The molecule has 0 radical (unpaired) electrons. The zero-order valence-corrected chi connectivity index (χ0v) is 9.20. The van der Waals surface area contributed by atoms with Crippen LogP contribution in [-0.2, 0) is 12.8 Å². The molecule has 2 aliphatic rings. The van der Waals surface area contributed by atoms with Crippen molar-refractivity contribution in [3.8, 4) is 6.07 Å². The van der Waals surface area contributed by atoms with Crippen molar-refractivity contribution < 1.29 is 0 Å². The normalized spacial score (nSPS) is 18.9. The smallest absolute Gasteiger partial charge is 0.268 e. The van der Waals surface area contributed by atoms with Gasteiger partial charge in [0.05, 0.1) is 0 Å². The molecule has 1 aromatic heterocycles. The maximum absolute atomic E-state index is 12.1. The molecule has 3 nitrogen and oxygen atoms in total. The van der Waals surface area contributed by atoms with Gasteiger partial charge in [-0.15, -0.1) is 0 Å². The van der Waals surface area contributed by atoms with Crippen LogP contribution in [0.25, 0.3) is 0 Å². The number of nitriles is 1. The maximum atomic E-state index is 12.1. The Morgan fingerprint density at radius 3 is 2.75 bits per heavy atom. The van der Waals surface area contributed by atoms with Gasteiger partial charge in [0.25, 0.3) is 5.56 Å². The van der Waals surface area contributed by atoms with Gasteiger partial charge in [0.1, 0.15) is 11.6 Å². The monoisotopic (exact) mass is 214 g/mol. The molecule has 0 spiro atoms. The molecule has 1 heterocycles. The Labute approximate surface area is 94.3 Å². The number of hydrogen-bond donors (Lipinski definition) is 0. The maximum Gasteiger partial charge on any atom is 0.268 e. The van der Waals surface area contributed by atoms with Crippen LogP contribution in [-0.4, -0.2) is 4.57 Å². The summed E-state index contributed by atoms with van der Waals surface area (Å²) in [5.41, 5.74) is 2.70. The average molecular weight is 214 g/mol. The fourth-order valence-corrected chi connectivity index (χ4v) is 2.63. The first kappa shape index (κ1) is 9.65. The SMILES string of the molecule is N#Cc1cc2c(n(C3CC3)c1=O)CCCC2. The van der Waals surface area contributed by atoms with Crippen LogP contribution in [0.1, 0.15) is 48.5 Å². The summed E-state index contributed by atoms with van der Waals surface area (Å²) in [6.45, 7) is 0. The van der Waals surface area contributed by atoms with Crippen LogP contribution in [0.5, 0.6) is 0 Å². The number of nitrogens with zero attached hydrogens (tertiary/aromatic N) is 2. The van der Waals surface area contributed by atoms with Gasteiger partial charge >= 0.3 is 0 Å². The van der Waals surface area contributed by atoms with Crippen molar-refractivity contribution in [3.63, 3.8) is 0 Å². The van der Waals surface area contributed by atoms with E-state index in [1.807, 2.05) is 16.7 Å². The van der Waals surface area contributed by atoms with Gasteiger partial charge in [0.2, 0.25) is 0 Å². The summed E-state index contributed by atoms with van der Waals surface area (Å²) in [6, 6.07) is 4.23. The van der Waals surface area contributed by atoms with Gasteiger partial charge in [-0.3, -0.25) is 4.79 Å². The second-order valence-corrected chi connectivity index (χ2v) is 4.76. The van der Waals surface area contributed by atoms with Crippen LogP contribution >= 0.6 is 0 Å². The predicted octanol–water partition coefficient (Wildman–Crippen LogP) is 1.93. The summed E-state index contributed by atoms with van der Waals surface area (Å²) in [7, 11) is 0. The number of aromatic nitrogens is 1. The first-order valence-corrected chi connectivity index (χ1v) is 5.98. The minimum Gasteiger partial charge on any atom is -0.308 e. The molecule has 0 atom stereocenters. The first-order chi connectivity index (χ1) is 7.81. The van der Waals surface area contributed by atoms with E-state index in [0.29, 0.717) is 11.6 Å². The lowest BCUT2D eigenvalue weighted by Gasteiger charge is -2.21. The molecule has 2 aliphatic carbocycles. The summed E-state index contributed by atoms with van der Waals surface area (Å²) < 4.78 is 1.91. The third-order valence-electron chi connectivity index (χ3n) is 3.57. The Bertz CT molecular complexity index is 532. The van der Waals surface area contributed by atoms with Gasteiger partial charge in [0.15, 0.2) is 0 Å². The van der Waals surface area contributed by atoms with Crippen LogP contribution in [0.4, 0.5) is 0 Å². The zero-order chi connectivity index (χ0) is 11.1. The lowest BCUT2D eigenvalue weighted by molar-refractivity contribution is 0.582. The van der Waals surface area contributed by atoms with Crippen LogP contribution in [0.3, 0.4) is 0 Å². The van der Waals surface area contributed by atoms with Gasteiger partial charge < -0.3 is 4.57 Å². The highest BCUT2D eigenvalue weighted by Gasteiger charge is 2.29. The van der Waals surface area contributed by atoms with Crippen molar-refractivity contribution in [2.75, 3.05) is 0 Å². The highest BCUT2D eigenvalue weighted by molar-refractivity contribution is 5.36. The molecule has 3 rings (SSSR count). The minimum absolute atomic E-state index is 0.0642. The summed E-state index contributed by atoms with van der Waals surface area (Å²) >= 11 is 0. The largest absolute Gasteiger partial charge is 0.308 e. The molecule has 1 fully saturated rings. The fourth-order valence-electron chi connectivity index (χ4n) is 2.63. The van der Waals surface area contributed by atoms with Crippen LogP contribution in [0.15, 0.2) is 10.9 Å². The lowest BCUT2D eigenvalue weighted by atomic mass is 9.94.